The van der Waals surface area contributed by atoms with Crippen LogP contribution in [-0.4, -0.2) is 38.6 Å². The Kier molecular flexibility index (Phi) is 6.73. The van der Waals surface area contributed by atoms with Crippen molar-refractivity contribution in [1.82, 2.24) is 0 Å². The van der Waals surface area contributed by atoms with Crippen molar-refractivity contribution in [3.63, 3.8) is 0 Å². The summed E-state index contributed by atoms with van der Waals surface area (Å²) in [4.78, 5) is 25.6. The van der Waals surface area contributed by atoms with Crippen LogP contribution < -0.4 is 25.4 Å². The van der Waals surface area contributed by atoms with E-state index in [0.29, 0.717) is 11.5 Å². The highest BCUT2D eigenvalue weighted by atomic mass is 16.5. The summed E-state index contributed by atoms with van der Waals surface area (Å²) in [5, 5.41) is 2.96. The quantitative estimate of drug-likeness (QED) is 0.671. The molecule has 3 N–H and O–H groups in total. The van der Waals surface area contributed by atoms with Gasteiger partial charge in [0.05, 0.1) is 18.5 Å². The molecule has 2 aromatic rings. The molecule has 7 heteroatoms. The van der Waals surface area contributed by atoms with Crippen molar-refractivity contribution in [3.8, 4) is 11.5 Å². The maximum absolute atomic E-state index is 12.4. The van der Waals surface area contributed by atoms with E-state index >= 15 is 0 Å². The first-order valence-corrected chi connectivity index (χ1v) is 9.49. The second-order valence-corrected chi connectivity index (χ2v) is 6.70. The van der Waals surface area contributed by atoms with Crippen molar-refractivity contribution in [2.45, 2.75) is 12.8 Å². The third-order valence-electron chi connectivity index (χ3n) is 4.59. The number of hydrogen-bond donors (Lipinski definition) is 2. The zero-order valence-electron chi connectivity index (χ0n) is 16.4. The van der Waals surface area contributed by atoms with Gasteiger partial charge in [0.25, 0.3) is 5.91 Å². The molecule has 1 fully saturated rings. The summed E-state index contributed by atoms with van der Waals surface area (Å²) in [6.07, 6.45) is 5.50. The van der Waals surface area contributed by atoms with Gasteiger partial charge >= 0.3 is 0 Å². The molecule has 1 heterocycles. The van der Waals surface area contributed by atoms with Crippen LogP contribution in [0, 0.1) is 0 Å². The standard InChI is InChI=1S/C22H25N3O4/c1-28-20-14-16(8-10-19(20)29-15-21(23)26)9-11-22(27)24-17-6-2-3-7-18(17)25-12-4-5-13-25/h2-3,6-11,14H,4-5,12-13,15H2,1H3,(H2,23,26)(H,24,27)/b11-9+. The van der Waals surface area contributed by atoms with Crippen LogP contribution in [0.25, 0.3) is 6.08 Å². The van der Waals surface area contributed by atoms with Gasteiger partial charge in [-0.15, -0.1) is 0 Å². The van der Waals surface area contributed by atoms with Crippen LogP contribution >= 0.6 is 0 Å². The molecule has 0 atom stereocenters. The first kappa shape index (κ1) is 20.3. The topological polar surface area (TPSA) is 93.9 Å². The molecule has 0 radical (unpaired) electrons. The van der Waals surface area contributed by atoms with E-state index in [0.717, 1.165) is 30.0 Å². The second-order valence-electron chi connectivity index (χ2n) is 6.70. The van der Waals surface area contributed by atoms with Crippen LogP contribution in [0.5, 0.6) is 11.5 Å². The van der Waals surface area contributed by atoms with Crippen LogP contribution in [0.2, 0.25) is 0 Å². The molecular formula is C22H25N3O4. The lowest BCUT2D eigenvalue weighted by molar-refractivity contribution is -0.120. The van der Waals surface area contributed by atoms with Gasteiger partial charge in [0, 0.05) is 19.2 Å². The summed E-state index contributed by atoms with van der Waals surface area (Å²) in [7, 11) is 1.50. The number of hydrogen-bond acceptors (Lipinski definition) is 5. The van der Waals surface area contributed by atoms with E-state index in [9.17, 15) is 9.59 Å². The van der Waals surface area contributed by atoms with E-state index < -0.39 is 5.91 Å². The predicted molar refractivity (Wildman–Crippen MR) is 113 cm³/mol. The normalized spacial score (nSPS) is 13.5. The number of carbonyl (C=O) groups excluding carboxylic acids is 2. The molecule has 152 valence electrons. The lowest BCUT2D eigenvalue weighted by atomic mass is 10.2. The number of rotatable bonds is 8. The van der Waals surface area contributed by atoms with Crippen LogP contribution in [0.15, 0.2) is 48.5 Å². The number of nitrogens with two attached hydrogens (primary N) is 1. The van der Waals surface area contributed by atoms with Gasteiger partial charge in [0.2, 0.25) is 5.91 Å². The molecule has 29 heavy (non-hydrogen) atoms. The summed E-state index contributed by atoms with van der Waals surface area (Å²) in [6, 6.07) is 13.0. The molecule has 0 aromatic heterocycles. The van der Waals surface area contributed by atoms with E-state index in [-0.39, 0.29) is 12.5 Å². The van der Waals surface area contributed by atoms with Gasteiger partial charge in [-0.1, -0.05) is 18.2 Å². The van der Waals surface area contributed by atoms with Gasteiger partial charge in [-0.25, -0.2) is 0 Å². The summed E-state index contributed by atoms with van der Waals surface area (Å²) >= 11 is 0. The Balaban J connectivity index is 1.67. The molecule has 0 aliphatic carbocycles. The fourth-order valence-corrected chi connectivity index (χ4v) is 3.22. The molecule has 0 bridgehead atoms. The summed E-state index contributed by atoms with van der Waals surface area (Å²) in [6.45, 7) is 1.78. The van der Waals surface area contributed by atoms with Crippen LogP contribution in [0.3, 0.4) is 0 Å². The molecule has 0 spiro atoms. The minimum absolute atomic E-state index is 0.218. The van der Waals surface area contributed by atoms with Gasteiger partial charge in [-0.05, 0) is 48.7 Å². The number of methoxy groups -OCH3 is 1. The smallest absolute Gasteiger partial charge is 0.255 e. The molecule has 7 nitrogen and oxygen atoms in total. The Labute approximate surface area is 170 Å². The SMILES string of the molecule is COc1cc(/C=C/C(=O)Nc2ccccc2N2CCCC2)ccc1OCC(N)=O. The molecule has 1 aliphatic heterocycles. The Morgan fingerprint density at radius 3 is 2.62 bits per heavy atom. The molecule has 2 aromatic carbocycles. The number of nitrogens with one attached hydrogen (secondary N) is 1. The van der Waals surface area contributed by atoms with Gasteiger partial charge in [-0.3, -0.25) is 9.59 Å². The highest BCUT2D eigenvalue weighted by Crippen LogP contribution is 2.30. The Morgan fingerprint density at radius 1 is 1.14 bits per heavy atom. The first-order valence-electron chi connectivity index (χ1n) is 9.49. The van der Waals surface area contributed by atoms with Crippen molar-refractivity contribution < 1.29 is 19.1 Å². The summed E-state index contributed by atoms with van der Waals surface area (Å²) < 4.78 is 10.6. The predicted octanol–water partition coefficient (Wildman–Crippen LogP) is 2.81. The number of anilines is 2. The van der Waals surface area contributed by atoms with Crippen LogP contribution in [0.1, 0.15) is 18.4 Å². The number of primary amides is 1. The maximum Gasteiger partial charge on any atom is 0.255 e. The fraction of sp³-hybridized carbons (Fsp3) is 0.273. The number of benzene rings is 2. The highest BCUT2D eigenvalue weighted by molar-refractivity contribution is 6.03. The molecule has 3 rings (SSSR count). The van der Waals surface area contributed by atoms with Crippen LogP contribution in [-0.2, 0) is 9.59 Å². The van der Waals surface area contributed by atoms with E-state index in [1.807, 2.05) is 24.3 Å². The Hall–Kier alpha value is -3.48. The van der Waals surface area contributed by atoms with E-state index in [4.69, 9.17) is 15.2 Å². The van der Waals surface area contributed by atoms with E-state index in [1.165, 1.54) is 26.0 Å². The first-order chi connectivity index (χ1) is 14.1. The maximum atomic E-state index is 12.4. The molecular weight excluding hydrogens is 370 g/mol. The Bertz CT molecular complexity index is 905. The van der Waals surface area contributed by atoms with Gasteiger partial charge in [0.15, 0.2) is 18.1 Å². The molecule has 0 unspecified atom stereocenters. The lowest BCUT2D eigenvalue weighted by Crippen LogP contribution is -2.20. The number of nitrogens with zero attached hydrogens (tertiary/aromatic N) is 1. The molecule has 2 amide bonds. The van der Waals surface area contributed by atoms with E-state index in [2.05, 4.69) is 10.2 Å². The zero-order chi connectivity index (χ0) is 20.6. The third-order valence-corrected chi connectivity index (χ3v) is 4.59. The molecule has 1 saturated heterocycles. The van der Waals surface area contributed by atoms with Crippen molar-refractivity contribution in [2.75, 3.05) is 37.0 Å². The Morgan fingerprint density at radius 2 is 1.90 bits per heavy atom. The monoisotopic (exact) mass is 395 g/mol. The van der Waals surface area contributed by atoms with Crippen molar-refractivity contribution in [1.29, 1.82) is 0 Å². The van der Waals surface area contributed by atoms with Gasteiger partial charge < -0.3 is 25.4 Å². The second kappa shape index (κ2) is 9.64. The number of carbonyl (C=O) groups is 2. The summed E-state index contributed by atoms with van der Waals surface area (Å²) in [5.74, 6) is 0.0761. The lowest BCUT2D eigenvalue weighted by Gasteiger charge is -2.21. The highest BCUT2D eigenvalue weighted by Gasteiger charge is 2.16. The van der Waals surface area contributed by atoms with Crippen molar-refractivity contribution >= 4 is 29.3 Å². The third kappa shape index (κ3) is 5.51. The van der Waals surface area contributed by atoms with Gasteiger partial charge in [-0.2, -0.15) is 0 Å². The summed E-state index contributed by atoms with van der Waals surface area (Å²) in [5.41, 5.74) is 7.70. The molecule has 0 saturated carbocycles. The largest absolute Gasteiger partial charge is 0.493 e. The average Bonchev–Trinajstić information content (AvgIpc) is 3.26. The van der Waals surface area contributed by atoms with Crippen molar-refractivity contribution in [3.05, 3.63) is 54.1 Å². The van der Waals surface area contributed by atoms with E-state index in [1.54, 1.807) is 24.3 Å². The minimum atomic E-state index is -0.568. The zero-order valence-corrected chi connectivity index (χ0v) is 16.4. The van der Waals surface area contributed by atoms with Crippen LogP contribution in [0.4, 0.5) is 11.4 Å². The minimum Gasteiger partial charge on any atom is -0.493 e. The number of ether oxygens (including phenoxy) is 2. The number of amides is 2. The van der Waals surface area contributed by atoms with Gasteiger partial charge in [0.1, 0.15) is 0 Å². The number of para-hydroxylation sites is 2. The fourth-order valence-electron chi connectivity index (χ4n) is 3.22. The molecule has 1 aliphatic rings. The van der Waals surface area contributed by atoms with Crippen molar-refractivity contribution in [2.24, 2.45) is 5.73 Å². The average molecular weight is 395 g/mol.